The minimum Gasteiger partial charge on any atom is -0.338 e. The molecule has 4 rings (SSSR count). The fourth-order valence-electron chi connectivity index (χ4n) is 4.19. The molecule has 1 N–H and O–H groups in total. The number of hydrogen-bond acceptors (Lipinski definition) is 4. The number of piperidine rings is 1. The van der Waals surface area contributed by atoms with Crippen molar-refractivity contribution in [3.63, 3.8) is 0 Å². The summed E-state index contributed by atoms with van der Waals surface area (Å²) in [6, 6.07) is 0.312. The van der Waals surface area contributed by atoms with Gasteiger partial charge in [-0.25, -0.2) is 9.97 Å². The van der Waals surface area contributed by atoms with Gasteiger partial charge < -0.3 is 10.2 Å². The molecule has 1 atom stereocenters. The molecule has 0 radical (unpaired) electrons. The van der Waals surface area contributed by atoms with Crippen molar-refractivity contribution in [3.05, 3.63) is 23.3 Å². The number of aromatic nitrogens is 2. The lowest BCUT2D eigenvalue weighted by atomic mass is 10.0. The molecule has 124 valence electrons. The summed E-state index contributed by atoms with van der Waals surface area (Å²) < 4.78 is 0. The van der Waals surface area contributed by atoms with Crippen LogP contribution < -0.4 is 5.32 Å². The molecule has 23 heavy (non-hydrogen) atoms. The van der Waals surface area contributed by atoms with E-state index in [-0.39, 0.29) is 5.92 Å². The van der Waals surface area contributed by atoms with Gasteiger partial charge in [-0.2, -0.15) is 0 Å². The van der Waals surface area contributed by atoms with Gasteiger partial charge in [-0.05, 0) is 32.2 Å². The maximum Gasteiger partial charge on any atom is 0.225 e. The first-order chi connectivity index (χ1) is 11.3. The molecular formula is C18H26N4O. The topological polar surface area (TPSA) is 58.1 Å². The predicted octanol–water partition coefficient (Wildman–Crippen LogP) is 2.37. The normalized spacial score (nSPS) is 25.4. The van der Waals surface area contributed by atoms with Crippen molar-refractivity contribution in [3.8, 4) is 0 Å². The molecule has 1 saturated carbocycles. The quantitative estimate of drug-likeness (QED) is 0.910. The van der Waals surface area contributed by atoms with Gasteiger partial charge in [0.2, 0.25) is 5.91 Å². The molecule has 1 aromatic rings. The highest BCUT2D eigenvalue weighted by molar-refractivity contribution is 5.79. The molecule has 5 nitrogen and oxygen atoms in total. The van der Waals surface area contributed by atoms with Gasteiger partial charge in [0, 0.05) is 37.2 Å². The standard InChI is InChI=1S/C18H26N4O/c23-18(13-5-1-2-6-13)22-10-8-15-14(12-22)11-20-17(21-15)16-7-3-4-9-19-16/h11,13,16,19H,1-10,12H2. The Bertz CT molecular complexity index is 576. The maximum absolute atomic E-state index is 12.6. The number of fused-ring (bicyclic) bond motifs is 1. The SMILES string of the molecule is O=C(C1CCCC1)N1CCc2nc(C3CCCCN3)ncc2C1. The molecule has 3 aliphatic rings. The van der Waals surface area contributed by atoms with Gasteiger partial charge in [0.05, 0.1) is 11.7 Å². The van der Waals surface area contributed by atoms with Crippen LogP contribution in [0, 0.1) is 5.92 Å². The molecule has 5 heteroatoms. The lowest BCUT2D eigenvalue weighted by Gasteiger charge is -2.31. The van der Waals surface area contributed by atoms with Crippen LogP contribution >= 0.6 is 0 Å². The monoisotopic (exact) mass is 314 g/mol. The van der Waals surface area contributed by atoms with Crippen LogP contribution in [0.4, 0.5) is 0 Å². The molecule has 1 aliphatic carbocycles. The number of nitrogens with zero attached hydrogens (tertiary/aromatic N) is 3. The van der Waals surface area contributed by atoms with Gasteiger partial charge in [-0.1, -0.05) is 19.3 Å². The molecule has 0 aromatic carbocycles. The van der Waals surface area contributed by atoms with E-state index in [0.717, 1.165) is 55.9 Å². The average Bonchev–Trinajstić information content (AvgIpc) is 3.15. The van der Waals surface area contributed by atoms with Crippen LogP contribution in [0.15, 0.2) is 6.20 Å². The summed E-state index contributed by atoms with van der Waals surface area (Å²) in [7, 11) is 0. The summed E-state index contributed by atoms with van der Waals surface area (Å²) >= 11 is 0. The fourth-order valence-corrected chi connectivity index (χ4v) is 4.19. The third-order valence-electron chi connectivity index (χ3n) is 5.59. The minimum atomic E-state index is 0.267. The molecule has 2 aliphatic heterocycles. The van der Waals surface area contributed by atoms with Crippen molar-refractivity contribution in [2.75, 3.05) is 13.1 Å². The number of carbonyl (C=O) groups is 1. The molecule has 1 saturated heterocycles. The third-order valence-corrected chi connectivity index (χ3v) is 5.59. The molecule has 1 amide bonds. The number of nitrogens with one attached hydrogen (secondary N) is 1. The summed E-state index contributed by atoms with van der Waals surface area (Å²) in [5.74, 6) is 1.56. The van der Waals surface area contributed by atoms with Gasteiger partial charge in [0.25, 0.3) is 0 Å². The van der Waals surface area contributed by atoms with Crippen molar-refractivity contribution < 1.29 is 4.79 Å². The second-order valence-corrected chi connectivity index (χ2v) is 7.19. The van der Waals surface area contributed by atoms with Gasteiger partial charge in [-0.15, -0.1) is 0 Å². The van der Waals surface area contributed by atoms with Crippen LogP contribution in [0.25, 0.3) is 0 Å². The first-order valence-electron chi connectivity index (χ1n) is 9.18. The minimum absolute atomic E-state index is 0.267. The van der Waals surface area contributed by atoms with Gasteiger partial charge >= 0.3 is 0 Å². The van der Waals surface area contributed by atoms with Crippen molar-refractivity contribution in [2.45, 2.75) is 64.0 Å². The molecule has 2 fully saturated rings. The van der Waals surface area contributed by atoms with E-state index < -0.39 is 0 Å². The Balaban J connectivity index is 1.46. The van der Waals surface area contributed by atoms with Crippen LogP contribution in [0.5, 0.6) is 0 Å². The molecular weight excluding hydrogens is 288 g/mol. The summed E-state index contributed by atoms with van der Waals surface area (Å²) in [5.41, 5.74) is 2.29. The van der Waals surface area contributed by atoms with Crippen LogP contribution in [0.3, 0.4) is 0 Å². The lowest BCUT2D eigenvalue weighted by Crippen LogP contribution is -2.40. The van der Waals surface area contributed by atoms with Crippen molar-refractivity contribution in [1.29, 1.82) is 0 Å². The lowest BCUT2D eigenvalue weighted by molar-refractivity contribution is -0.136. The van der Waals surface area contributed by atoms with Crippen LogP contribution in [0.1, 0.15) is 68.1 Å². The van der Waals surface area contributed by atoms with Crippen LogP contribution in [-0.4, -0.2) is 33.9 Å². The largest absolute Gasteiger partial charge is 0.338 e. The Labute approximate surface area is 137 Å². The summed E-state index contributed by atoms with van der Waals surface area (Å²) in [6.45, 7) is 2.58. The number of amides is 1. The smallest absolute Gasteiger partial charge is 0.225 e. The van der Waals surface area contributed by atoms with E-state index >= 15 is 0 Å². The van der Waals surface area contributed by atoms with Crippen molar-refractivity contribution in [2.24, 2.45) is 5.92 Å². The second-order valence-electron chi connectivity index (χ2n) is 7.19. The zero-order valence-corrected chi connectivity index (χ0v) is 13.8. The number of hydrogen-bond donors (Lipinski definition) is 1. The Morgan fingerprint density at radius 2 is 2.00 bits per heavy atom. The first-order valence-corrected chi connectivity index (χ1v) is 9.18. The van der Waals surface area contributed by atoms with Crippen LogP contribution in [0.2, 0.25) is 0 Å². The Hall–Kier alpha value is -1.49. The fraction of sp³-hybridized carbons (Fsp3) is 0.722. The highest BCUT2D eigenvalue weighted by Gasteiger charge is 2.30. The van der Waals surface area contributed by atoms with E-state index in [9.17, 15) is 4.79 Å². The third kappa shape index (κ3) is 3.11. The zero-order valence-electron chi connectivity index (χ0n) is 13.8. The van der Waals surface area contributed by atoms with Gasteiger partial charge in [0.1, 0.15) is 5.82 Å². The number of rotatable bonds is 2. The van der Waals surface area contributed by atoms with E-state index in [1.807, 2.05) is 11.1 Å². The predicted molar refractivity (Wildman–Crippen MR) is 87.7 cm³/mol. The molecule has 1 unspecified atom stereocenters. The molecule has 0 spiro atoms. The highest BCUT2D eigenvalue weighted by atomic mass is 16.2. The Kier molecular flexibility index (Phi) is 4.29. The van der Waals surface area contributed by atoms with Crippen molar-refractivity contribution >= 4 is 5.91 Å². The Morgan fingerprint density at radius 1 is 1.17 bits per heavy atom. The summed E-state index contributed by atoms with van der Waals surface area (Å²) in [4.78, 5) is 24.0. The van der Waals surface area contributed by atoms with Gasteiger partial charge in [0.15, 0.2) is 0 Å². The van der Waals surface area contributed by atoms with Gasteiger partial charge in [-0.3, -0.25) is 4.79 Å². The van der Waals surface area contributed by atoms with E-state index in [0.29, 0.717) is 18.5 Å². The average molecular weight is 314 g/mol. The zero-order chi connectivity index (χ0) is 15.6. The second kappa shape index (κ2) is 6.56. The van der Waals surface area contributed by atoms with Crippen molar-refractivity contribution in [1.82, 2.24) is 20.2 Å². The Morgan fingerprint density at radius 3 is 2.78 bits per heavy atom. The molecule has 3 heterocycles. The first kappa shape index (κ1) is 15.1. The van der Waals surface area contributed by atoms with Crippen LogP contribution in [-0.2, 0) is 17.8 Å². The molecule has 0 bridgehead atoms. The molecule has 1 aromatic heterocycles. The van der Waals surface area contributed by atoms with E-state index in [1.54, 1.807) is 0 Å². The van der Waals surface area contributed by atoms with E-state index in [1.165, 1.54) is 25.7 Å². The summed E-state index contributed by atoms with van der Waals surface area (Å²) in [6.07, 6.45) is 11.0. The number of carbonyl (C=O) groups excluding carboxylic acids is 1. The maximum atomic E-state index is 12.6. The van der Waals surface area contributed by atoms with E-state index in [2.05, 4.69) is 10.3 Å². The van der Waals surface area contributed by atoms with E-state index in [4.69, 9.17) is 4.98 Å². The summed E-state index contributed by atoms with van der Waals surface area (Å²) in [5, 5.41) is 3.52. The highest BCUT2D eigenvalue weighted by Crippen LogP contribution is 2.29.